The number of carbonyl (C=O) groups excluding carboxylic acids is 1. The van der Waals surface area contributed by atoms with E-state index in [1.165, 1.54) is 27.9 Å². The number of carbonyl (C=O) groups is 1. The zero-order chi connectivity index (χ0) is 33.2. The molecule has 2 unspecified atom stereocenters. The summed E-state index contributed by atoms with van der Waals surface area (Å²) in [6.07, 6.45) is 5.60. The van der Waals surface area contributed by atoms with Crippen LogP contribution in [0.15, 0.2) is 63.9 Å². The van der Waals surface area contributed by atoms with Crippen LogP contribution in [0, 0.1) is 0 Å². The number of halogens is 2. The lowest BCUT2D eigenvalue weighted by Crippen LogP contribution is -2.27. The summed E-state index contributed by atoms with van der Waals surface area (Å²) in [5.41, 5.74) is 8.04. The van der Waals surface area contributed by atoms with Gasteiger partial charge in [0, 0.05) is 99.9 Å². The third-order valence-corrected chi connectivity index (χ3v) is 10.6. The number of hydrogen-bond acceptors (Lipinski definition) is 7. The van der Waals surface area contributed by atoms with Crippen LogP contribution in [0.25, 0.3) is 33.1 Å². The Balaban J connectivity index is 0.000000166. The van der Waals surface area contributed by atoms with E-state index in [4.69, 9.17) is 9.47 Å². The molecule has 0 fully saturated rings. The average molecular weight is 767 g/mol. The molecular formula is C36H42Br2N6O3. The topological polar surface area (TPSA) is 77.7 Å². The van der Waals surface area contributed by atoms with Crippen LogP contribution in [0.3, 0.4) is 0 Å². The molecular weight excluding hydrogens is 724 g/mol. The van der Waals surface area contributed by atoms with Gasteiger partial charge in [-0.15, -0.1) is 0 Å². The average Bonchev–Trinajstić information content (AvgIpc) is 3.82. The van der Waals surface area contributed by atoms with Crippen molar-refractivity contribution in [3.8, 4) is 11.3 Å². The van der Waals surface area contributed by atoms with Crippen molar-refractivity contribution in [3.05, 3.63) is 80.9 Å². The van der Waals surface area contributed by atoms with Crippen molar-refractivity contribution >= 4 is 59.4 Å². The number of methoxy groups -OCH3 is 2. The molecule has 11 heteroatoms. The number of benzene rings is 2. The lowest BCUT2D eigenvalue weighted by Gasteiger charge is -2.24. The molecule has 0 radical (unpaired) electrons. The van der Waals surface area contributed by atoms with Crippen molar-refractivity contribution in [2.24, 2.45) is 0 Å². The first kappa shape index (κ1) is 34.0. The molecule has 9 nitrogen and oxygen atoms in total. The highest BCUT2D eigenvalue weighted by molar-refractivity contribution is 9.10. The summed E-state index contributed by atoms with van der Waals surface area (Å²) in [4.78, 5) is 25.6. The van der Waals surface area contributed by atoms with E-state index in [0.29, 0.717) is 12.6 Å². The van der Waals surface area contributed by atoms with Crippen molar-refractivity contribution in [2.75, 3.05) is 54.6 Å². The van der Waals surface area contributed by atoms with Crippen LogP contribution in [0.1, 0.15) is 53.6 Å². The van der Waals surface area contributed by atoms with E-state index in [1.54, 1.807) is 27.5 Å². The highest BCUT2D eigenvalue weighted by atomic mass is 79.9. The normalized spacial score (nSPS) is 17.0. The van der Waals surface area contributed by atoms with Gasteiger partial charge >= 0.3 is 0 Å². The van der Waals surface area contributed by atoms with Gasteiger partial charge in [-0.3, -0.25) is 14.6 Å². The summed E-state index contributed by atoms with van der Waals surface area (Å²) in [6, 6.07) is 15.4. The first-order valence-electron chi connectivity index (χ1n) is 16.0. The van der Waals surface area contributed by atoms with Gasteiger partial charge in [-0.2, -0.15) is 0 Å². The van der Waals surface area contributed by atoms with Crippen molar-refractivity contribution in [2.45, 2.75) is 44.9 Å². The molecule has 0 saturated carbocycles. The van der Waals surface area contributed by atoms with Crippen LogP contribution >= 0.6 is 31.9 Å². The molecule has 3 aromatic heterocycles. The maximum absolute atomic E-state index is 12.3. The van der Waals surface area contributed by atoms with E-state index < -0.39 is 0 Å². The molecule has 0 saturated heterocycles. The minimum atomic E-state index is 0.142. The standard InChI is InChI=1S/C19H21BrN4O.C17H21BrN2O2/c1-23(9-10-25-2)17-6-8-24-16-4-3-13(20)11-14(16)18(19(17)24)15-5-7-21-12-22-15;1-11(21)16-13-10-12(18)4-5-14(13)20-7-6-15(17(16)20)19(2)8-9-22-3/h3-5,7,11-12,17H,6,8-10H2,1-2H3;4-5,10,15H,6-9H2,1-3H3. The first-order valence-corrected chi connectivity index (χ1v) is 17.6. The van der Waals surface area contributed by atoms with E-state index in [-0.39, 0.29) is 11.8 Å². The highest BCUT2D eigenvalue weighted by Crippen LogP contribution is 2.45. The maximum atomic E-state index is 12.3. The van der Waals surface area contributed by atoms with Gasteiger partial charge in [0.05, 0.1) is 31.0 Å². The van der Waals surface area contributed by atoms with Crippen LogP contribution in [-0.4, -0.2) is 89.3 Å². The molecule has 7 rings (SSSR count). The van der Waals surface area contributed by atoms with Gasteiger partial charge in [0.15, 0.2) is 5.78 Å². The number of rotatable bonds is 10. The number of Topliss-reactive ketones (excluding diaryl/α,β-unsaturated/α-hetero) is 1. The van der Waals surface area contributed by atoms with Gasteiger partial charge in [-0.1, -0.05) is 31.9 Å². The zero-order valence-corrected chi connectivity index (χ0v) is 30.8. The second-order valence-corrected chi connectivity index (χ2v) is 14.2. The fraction of sp³-hybridized carbons (Fsp3) is 0.417. The summed E-state index contributed by atoms with van der Waals surface area (Å²) < 4.78 is 17.3. The number of ketones is 1. The molecule has 2 aromatic carbocycles. The Morgan fingerprint density at radius 1 is 0.851 bits per heavy atom. The fourth-order valence-electron chi connectivity index (χ4n) is 7.36. The smallest absolute Gasteiger partial charge is 0.162 e. The lowest BCUT2D eigenvalue weighted by atomic mass is 10.0. The largest absolute Gasteiger partial charge is 0.383 e. The first-order chi connectivity index (χ1) is 22.7. The third-order valence-electron chi connectivity index (χ3n) is 9.57. The van der Waals surface area contributed by atoms with Crippen LogP contribution in [0.4, 0.5) is 0 Å². The Labute approximate surface area is 293 Å². The summed E-state index contributed by atoms with van der Waals surface area (Å²) in [5.74, 6) is 0.142. The van der Waals surface area contributed by atoms with Crippen molar-refractivity contribution in [1.82, 2.24) is 28.9 Å². The molecule has 5 heterocycles. The molecule has 47 heavy (non-hydrogen) atoms. The van der Waals surface area contributed by atoms with Gasteiger partial charge in [-0.05, 0) is 76.3 Å². The summed E-state index contributed by atoms with van der Waals surface area (Å²) in [6.45, 7) is 6.87. The number of aryl methyl sites for hydroxylation is 2. The summed E-state index contributed by atoms with van der Waals surface area (Å²) in [5, 5.41) is 2.30. The minimum absolute atomic E-state index is 0.142. The number of hydrogen-bond donors (Lipinski definition) is 0. The molecule has 0 amide bonds. The van der Waals surface area contributed by atoms with E-state index >= 15 is 0 Å². The fourth-order valence-corrected chi connectivity index (χ4v) is 8.08. The predicted molar refractivity (Wildman–Crippen MR) is 194 cm³/mol. The van der Waals surface area contributed by atoms with Crippen LogP contribution in [0.2, 0.25) is 0 Å². The van der Waals surface area contributed by atoms with Crippen LogP contribution < -0.4 is 0 Å². The number of fused-ring (bicyclic) bond motifs is 6. The second-order valence-electron chi connectivity index (χ2n) is 12.4. The van der Waals surface area contributed by atoms with Gasteiger partial charge in [-0.25, -0.2) is 9.97 Å². The van der Waals surface area contributed by atoms with Gasteiger partial charge < -0.3 is 18.6 Å². The predicted octanol–water partition coefficient (Wildman–Crippen LogP) is 7.51. The molecule has 2 aliphatic rings. The van der Waals surface area contributed by atoms with Gasteiger partial charge in [0.1, 0.15) is 6.33 Å². The molecule has 0 spiro atoms. The Bertz CT molecular complexity index is 1890. The quantitative estimate of drug-likeness (QED) is 0.136. The Morgan fingerprint density at radius 2 is 1.40 bits per heavy atom. The Morgan fingerprint density at radius 3 is 1.96 bits per heavy atom. The number of nitrogens with zero attached hydrogens (tertiary/aromatic N) is 6. The summed E-state index contributed by atoms with van der Waals surface area (Å²) >= 11 is 7.14. The lowest BCUT2D eigenvalue weighted by molar-refractivity contribution is 0.101. The number of ether oxygens (including phenoxy) is 2. The van der Waals surface area contributed by atoms with E-state index in [1.807, 2.05) is 18.3 Å². The van der Waals surface area contributed by atoms with Crippen LogP contribution in [0.5, 0.6) is 0 Å². The van der Waals surface area contributed by atoms with Crippen molar-refractivity contribution in [3.63, 3.8) is 0 Å². The van der Waals surface area contributed by atoms with E-state index in [9.17, 15) is 4.79 Å². The number of aromatic nitrogens is 4. The van der Waals surface area contributed by atoms with Gasteiger partial charge in [0.2, 0.25) is 0 Å². The minimum Gasteiger partial charge on any atom is -0.383 e. The Hall–Kier alpha value is -2.93. The van der Waals surface area contributed by atoms with Crippen LogP contribution in [-0.2, 0) is 22.6 Å². The number of likely N-dealkylation sites (N-methyl/N-ethyl adjacent to an activating group) is 2. The summed E-state index contributed by atoms with van der Waals surface area (Å²) in [7, 11) is 7.76. The van der Waals surface area contributed by atoms with Crippen molar-refractivity contribution in [1.29, 1.82) is 0 Å². The molecule has 0 bridgehead atoms. The van der Waals surface area contributed by atoms with E-state index in [0.717, 1.165) is 76.7 Å². The molecule has 248 valence electrons. The monoisotopic (exact) mass is 764 g/mol. The SMILES string of the molecule is COCCN(C)C1CCn2c1c(-c1ccncn1)c1cc(Br)ccc12.COCCN(C)C1CCn2c1c(C(C)=O)c1cc(Br)ccc12. The van der Waals surface area contributed by atoms with Crippen molar-refractivity contribution < 1.29 is 14.3 Å². The third kappa shape index (κ3) is 6.58. The molecule has 5 aromatic rings. The molecule has 0 N–H and O–H groups in total. The molecule has 0 aliphatic carbocycles. The molecule has 2 atom stereocenters. The maximum Gasteiger partial charge on any atom is 0.162 e. The highest BCUT2D eigenvalue weighted by Gasteiger charge is 2.34. The molecule has 2 aliphatic heterocycles. The second kappa shape index (κ2) is 14.7. The van der Waals surface area contributed by atoms with E-state index in [2.05, 4.69) is 105 Å². The van der Waals surface area contributed by atoms with Gasteiger partial charge in [0.25, 0.3) is 0 Å². The zero-order valence-electron chi connectivity index (χ0n) is 27.7. The Kier molecular flexibility index (Phi) is 10.6.